The topological polar surface area (TPSA) is 70.7 Å². The molecule has 138 valence electrons. The summed E-state index contributed by atoms with van der Waals surface area (Å²) in [6.07, 6.45) is 1.80. The second kappa shape index (κ2) is 9.30. The number of nitrogens with zero attached hydrogens (tertiary/aromatic N) is 1. The molecule has 2 amide bonds. The van der Waals surface area contributed by atoms with Gasteiger partial charge in [-0.15, -0.1) is 0 Å². The van der Waals surface area contributed by atoms with Gasteiger partial charge in [0.15, 0.2) is 0 Å². The van der Waals surface area contributed by atoms with E-state index in [1.165, 1.54) is 6.42 Å². The molecule has 0 aromatic heterocycles. The Bertz CT molecular complexity index is 589. The Morgan fingerprint density at radius 2 is 2.08 bits per heavy atom. The van der Waals surface area contributed by atoms with Crippen LogP contribution in [-0.2, 0) is 9.53 Å². The molecule has 6 heteroatoms. The van der Waals surface area contributed by atoms with Crippen LogP contribution in [0.4, 0.5) is 16.2 Å². The van der Waals surface area contributed by atoms with Crippen molar-refractivity contribution in [3.63, 3.8) is 0 Å². The predicted octanol–water partition coefficient (Wildman–Crippen LogP) is 3.56. The van der Waals surface area contributed by atoms with E-state index in [2.05, 4.69) is 17.6 Å². The van der Waals surface area contributed by atoms with Crippen molar-refractivity contribution in [3.8, 4) is 0 Å². The molecule has 1 fully saturated rings. The Morgan fingerprint density at radius 3 is 2.80 bits per heavy atom. The Labute approximate surface area is 149 Å². The van der Waals surface area contributed by atoms with Gasteiger partial charge in [0, 0.05) is 24.5 Å². The molecule has 1 atom stereocenters. The lowest BCUT2D eigenvalue weighted by molar-refractivity contribution is -0.130. The van der Waals surface area contributed by atoms with Gasteiger partial charge in [0.1, 0.15) is 0 Å². The smallest absolute Gasteiger partial charge is 0.411 e. The first-order valence-corrected chi connectivity index (χ1v) is 8.99. The summed E-state index contributed by atoms with van der Waals surface area (Å²) >= 11 is 0. The highest BCUT2D eigenvalue weighted by Crippen LogP contribution is 2.17. The molecule has 1 heterocycles. The molecule has 2 N–H and O–H groups in total. The molecule has 0 radical (unpaired) electrons. The summed E-state index contributed by atoms with van der Waals surface area (Å²) in [6.45, 7) is 8.47. The molecule has 6 nitrogen and oxygen atoms in total. The standard InChI is InChI=1S/C19H29N3O3/c1-14(2)13-25-19(24)21-17-8-4-7-16(10-17)20-11-18(23)22-9-5-6-15(3)12-22/h4,7-8,10,14-15,20H,5-6,9,11-13H2,1-3H3,(H,21,24). The number of ether oxygens (including phenoxy) is 1. The number of nitrogens with one attached hydrogen (secondary N) is 2. The number of amides is 2. The van der Waals surface area contributed by atoms with Gasteiger partial charge in [-0.3, -0.25) is 10.1 Å². The zero-order valence-electron chi connectivity index (χ0n) is 15.4. The van der Waals surface area contributed by atoms with Crippen LogP contribution in [0, 0.1) is 11.8 Å². The van der Waals surface area contributed by atoms with Gasteiger partial charge in [0.25, 0.3) is 0 Å². The molecule has 1 aliphatic heterocycles. The predicted molar refractivity (Wildman–Crippen MR) is 99.7 cm³/mol. The first kappa shape index (κ1) is 19.1. The number of piperidine rings is 1. The van der Waals surface area contributed by atoms with Crippen molar-refractivity contribution in [3.05, 3.63) is 24.3 Å². The van der Waals surface area contributed by atoms with Crippen molar-refractivity contribution in [1.82, 2.24) is 4.90 Å². The number of carbonyl (C=O) groups is 2. The number of hydrogen-bond acceptors (Lipinski definition) is 4. The molecule has 0 spiro atoms. The van der Waals surface area contributed by atoms with Crippen molar-refractivity contribution < 1.29 is 14.3 Å². The molecule has 0 aliphatic carbocycles. The number of hydrogen-bond donors (Lipinski definition) is 2. The average molecular weight is 347 g/mol. The maximum Gasteiger partial charge on any atom is 0.411 e. The van der Waals surface area contributed by atoms with Crippen molar-refractivity contribution in [1.29, 1.82) is 0 Å². The normalized spacial score (nSPS) is 17.3. The molecule has 1 aromatic rings. The van der Waals surface area contributed by atoms with Crippen LogP contribution in [0.3, 0.4) is 0 Å². The van der Waals surface area contributed by atoms with Crippen molar-refractivity contribution >= 4 is 23.4 Å². The fourth-order valence-electron chi connectivity index (χ4n) is 2.81. The maximum absolute atomic E-state index is 12.3. The Morgan fingerprint density at radius 1 is 1.32 bits per heavy atom. The quantitative estimate of drug-likeness (QED) is 0.825. The van der Waals surface area contributed by atoms with E-state index >= 15 is 0 Å². The van der Waals surface area contributed by atoms with Crippen molar-refractivity contribution in [2.24, 2.45) is 11.8 Å². The largest absolute Gasteiger partial charge is 0.449 e. The Balaban J connectivity index is 1.82. The van der Waals surface area contributed by atoms with E-state index in [1.807, 2.05) is 30.9 Å². The van der Waals surface area contributed by atoms with Crippen LogP contribution in [0.2, 0.25) is 0 Å². The summed E-state index contributed by atoms with van der Waals surface area (Å²) in [4.78, 5) is 25.9. The van der Waals surface area contributed by atoms with Crippen LogP contribution in [0.5, 0.6) is 0 Å². The number of benzene rings is 1. The molecule has 25 heavy (non-hydrogen) atoms. The van der Waals surface area contributed by atoms with Gasteiger partial charge in [0.05, 0.1) is 13.2 Å². The number of likely N-dealkylation sites (tertiary alicyclic amines) is 1. The molecular formula is C19H29N3O3. The van der Waals surface area contributed by atoms with Crippen LogP contribution in [-0.4, -0.2) is 43.1 Å². The third-order valence-corrected chi connectivity index (χ3v) is 4.11. The minimum atomic E-state index is -0.468. The molecular weight excluding hydrogens is 318 g/mol. The average Bonchev–Trinajstić information content (AvgIpc) is 2.58. The van der Waals surface area contributed by atoms with E-state index in [4.69, 9.17) is 4.74 Å². The van der Waals surface area contributed by atoms with Crippen LogP contribution < -0.4 is 10.6 Å². The van der Waals surface area contributed by atoms with Gasteiger partial charge in [-0.05, 0) is 42.9 Å². The Kier molecular flexibility index (Phi) is 7.10. The third-order valence-electron chi connectivity index (χ3n) is 4.11. The summed E-state index contributed by atoms with van der Waals surface area (Å²) in [5, 5.41) is 5.84. The lowest BCUT2D eigenvalue weighted by Crippen LogP contribution is -2.41. The van der Waals surface area contributed by atoms with Gasteiger partial charge in [0.2, 0.25) is 5.91 Å². The molecule has 1 aromatic carbocycles. The van der Waals surface area contributed by atoms with E-state index in [-0.39, 0.29) is 12.5 Å². The van der Waals surface area contributed by atoms with E-state index in [1.54, 1.807) is 12.1 Å². The van der Waals surface area contributed by atoms with Crippen molar-refractivity contribution in [2.75, 3.05) is 36.9 Å². The highest BCUT2D eigenvalue weighted by Gasteiger charge is 2.20. The van der Waals surface area contributed by atoms with Crippen molar-refractivity contribution in [2.45, 2.75) is 33.6 Å². The van der Waals surface area contributed by atoms with Crippen LogP contribution in [0.25, 0.3) is 0 Å². The highest BCUT2D eigenvalue weighted by molar-refractivity contribution is 5.86. The van der Waals surface area contributed by atoms with Gasteiger partial charge in [-0.25, -0.2) is 4.79 Å². The van der Waals surface area contributed by atoms with Gasteiger partial charge >= 0.3 is 6.09 Å². The van der Waals surface area contributed by atoms with Gasteiger partial charge in [-0.1, -0.05) is 26.8 Å². The third kappa shape index (κ3) is 6.64. The SMILES string of the molecule is CC(C)COC(=O)Nc1cccc(NCC(=O)N2CCCC(C)C2)c1. The number of rotatable bonds is 6. The van der Waals surface area contributed by atoms with E-state index in [9.17, 15) is 9.59 Å². The zero-order valence-corrected chi connectivity index (χ0v) is 15.4. The van der Waals surface area contributed by atoms with Crippen LogP contribution in [0.15, 0.2) is 24.3 Å². The first-order valence-electron chi connectivity index (χ1n) is 8.99. The maximum atomic E-state index is 12.3. The number of carbonyl (C=O) groups excluding carboxylic acids is 2. The summed E-state index contributed by atoms with van der Waals surface area (Å²) in [5.74, 6) is 0.977. The molecule has 0 bridgehead atoms. The lowest BCUT2D eigenvalue weighted by Gasteiger charge is -2.31. The second-order valence-corrected chi connectivity index (χ2v) is 7.14. The number of anilines is 2. The van der Waals surface area contributed by atoms with Gasteiger partial charge < -0.3 is 15.0 Å². The molecule has 2 rings (SSSR count). The fraction of sp³-hybridized carbons (Fsp3) is 0.579. The molecule has 1 saturated heterocycles. The van der Waals surface area contributed by atoms with E-state index < -0.39 is 6.09 Å². The minimum Gasteiger partial charge on any atom is -0.449 e. The summed E-state index contributed by atoms with van der Waals surface area (Å²) in [5.41, 5.74) is 1.43. The minimum absolute atomic E-state index is 0.112. The summed E-state index contributed by atoms with van der Waals surface area (Å²) in [6, 6.07) is 7.28. The monoisotopic (exact) mass is 347 g/mol. The molecule has 1 aliphatic rings. The summed E-state index contributed by atoms with van der Waals surface area (Å²) < 4.78 is 5.10. The van der Waals surface area contributed by atoms with E-state index in [0.29, 0.717) is 24.1 Å². The first-order chi connectivity index (χ1) is 11.9. The Hall–Kier alpha value is -2.24. The van der Waals surface area contributed by atoms with Crippen LogP contribution >= 0.6 is 0 Å². The van der Waals surface area contributed by atoms with Gasteiger partial charge in [-0.2, -0.15) is 0 Å². The van der Waals surface area contributed by atoms with E-state index in [0.717, 1.165) is 25.2 Å². The molecule has 0 saturated carbocycles. The second-order valence-electron chi connectivity index (χ2n) is 7.14. The molecule has 1 unspecified atom stereocenters. The fourth-order valence-corrected chi connectivity index (χ4v) is 2.81. The highest BCUT2D eigenvalue weighted by atomic mass is 16.5. The van der Waals surface area contributed by atoms with Crippen LogP contribution in [0.1, 0.15) is 33.6 Å². The lowest BCUT2D eigenvalue weighted by atomic mass is 10.0. The summed E-state index contributed by atoms with van der Waals surface area (Å²) in [7, 11) is 0. The zero-order chi connectivity index (χ0) is 18.2.